The molecule has 0 atom stereocenters. The lowest BCUT2D eigenvalue weighted by atomic mass is 9.91. The normalized spacial score (nSPS) is 16.1. The summed E-state index contributed by atoms with van der Waals surface area (Å²) in [5, 5.41) is 12.1. The van der Waals surface area contributed by atoms with Crippen LogP contribution in [0.3, 0.4) is 0 Å². The van der Waals surface area contributed by atoms with Crippen LogP contribution < -0.4 is 9.47 Å². The van der Waals surface area contributed by atoms with E-state index in [0.717, 1.165) is 27.2 Å². The molecule has 3 nitrogen and oxygen atoms in total. The van der Waals surface area contributed by atoms with Crippen molar-refractivity contribution in [1.29, 1.82) is 0 Å². The van der Waals surface area contributed by atoms with Crippen LogP contribution in [0.15, 0.2) is 48.7 Å². The Balaban J connectivity index is 2.25. The number of benzene rings is 1. The number of hydrogen-bond donors (Lipinski definition) is 0. The van der Waals surface area contributed by atoms with Gasteiger partial charge in [0, 0.05) is 17.7 Å². The van der Waals surface area contributed by atoms with Crippen LogP contribution in [0.2, 0.25) is 0 Å². The first-order chi connectivity index (χ1) is 9.46. The lowest BCUT2D eigenvalue weighted by Gasteiger charge is -2.30. The highest BCUT2D eigenvalue weighted by Gasteiger charge is 2.30. The number of pyridine rings is 1. The Bertz CT molecular complexity index is 702. The zero-order valence-corrected chi connectivity index (χ0v) is 11.9. The van der Waals surface area contributed by atoms with E-state index in [0.29, 0.717) is 5.69 Å². The van der Waals surface area contributed by atoms with Crippen molar-refractivity contribution < 1.29 is 9.47 Å². The van der Waals surface area contributed by atoms with Crippen LogP contribution in [-0.4, -0.2) is 5.60 Å². The summed E-state index contributed by atoms with van der Waals surface area (Å²) in [5.74, 6) is 0.821. The predicted octanol–water partition coefficient (Wildman–Crippen LogP) is 3.23. The van der Waals surface area contributed by atoms with E-state index in [4.69, 9.17) is 4.74 Å². The highest BCUT2D eigenvalue weighted by molar-refractivity contribution is 5.82. The van der Waals surface area contributed by atoms with E-state index in [1.807, 2.05) is 51.1 Å². The van der Waals surface area contributed by atoms with Gasteiger partial charge < -0.3 is 9.94 Å². The summed E-state index contributed by atoms with van der Waals surface area (Å²) in [6.07, 6.45) is 3.53. The first-order valence-electron chi connectivity index (χ1n) is 6.68. The van der Waals surface area contributed by atoms with Crippen LogP contribution in [0.4, 0.5) is 0 Å². The summed E-state index contributed by atoms with van der Waals surface area (Å²) >= 11 is 0. The molecule has 1 aromatic heterocycles. The van der Waals surface area contributed by atoms with Gasteiger partial charge >= 0.3 is 0 Å². The summed E-state index contributed by atoms with van der Waals surface area (Å²) in [5.41, 5.74) is 3.26. The van der Waals surface area contributed by atoms with Crippen molar-refractivity contribution in [3.05, 3.63) is 70.7 Å². The van der Waals surface area contributed by atoms with Gasteiger partial charge in [-0.25, -0.2) is 0 Å². The Labute approximate surface area is 118 Å². The van der Waals surface area contributed by atoms with Gasteiger partial charge in [-0.3, -0.25) is 0 Å². The maximum Gasteiger partial charge on any atom is 0.224 e. The highest BCUT2D eigenvalue weighted by Crippen LogP contribution is 2.38. The van der Waals surface area contributed by atoms with Crippen LogP contribution >= 0.6 is 0 Å². The van der Waals surface area contributed by atoms with E-state index in [2.05, 4.69) is 6.07 Å². The van der Waals surface area contributed by atoms with E-state index in [9.17, 15) is 5.21 Å². The lowest BCUT2D eigenvalue weighted by molar-refractivity contribution is -0.608. The molecule has 1 aliphatic rings. The number of ether oxygens (including phenoxy) is 1. The Morgan fingerprint density at radius 2 is 1.95 bits per heavy atom. The van der Waals surface area contributed by atoms with E-state index >= 15 is 0 Å². The third-order valence-electron chi connectivity index (χ3n) is 3.39. The minimum atomic E-state index is -0.430. The molecule has 2 heterocycles. The molecule has 0 amide bonds. The smallest absolute Gasteiger partial charge is 0.224 e. The maximum atomic E-state index is 12.1. The van der Waals surface area contributed by atoms with Crippen LogP contribution in [0.5, 0.6) is 5.75 Å². The molecule has 20 heavy (non-hydrogen) atoms. The average Bonchev–Trinajstić information content (AvgIpc) is 2.38. The van der Waals surface area contributed by atoms with E-state index in [1.165, 1.54) is 6.20 Å². The van der Waals surface area contributed by atoms with Crippen molar-refractivity contribution in [3.8, 4) is 5.75 Å². The first-order valence-corrected chi connectivity index (χ1v) is 6.68. The third kappa shape index (κ3) is 2.16. The summed E-state index contributed by atoms with van der Waals surface area (Å²) < 4.78 is 6.88. The fraction of sp³-hybridized carbons (Fsp3) is 0.235. The molecule has 2 aromatic rings. The zero-order chi connectivity index (χ0) is 14.3. The molecule has 0 saturated heterocycles. The van der Waals surface area contributed by atoms with Gasteiger partial charge in [-0.1, -0.05) is 11.6 Å². The van der Waals surface area contributed by atoms with Gasteiger partial charge in [0.05, 0.1) is 5.57 Å². The largest absolute Gasteiger partial charge is 0.618 e. The minimum Gasteiger partial charge on any atom is -0.618 e. The van der Waals surface area contributed by atoms with Crippen LogP contribution in [0.25, 0.3) is 5.57 Å². The Hall–Kier alpha value is -2.29. The molecule has 0 saturated carbocycles. The minimum absolute atomic E-state index is 0.430. The quantitative estimate of drug-likeness (QED) is 0.587. The SMILES string of the molecule is Cc1ccc2c(c1)C(c1cccc[n+]1[O-])=CC(C)(C)O2. The molecule has 102 valence electrons. The molecule has 1 aromatic carbocycles. The van der Waals surface area contributed by atoms with Crippen molar-refractivity contribution >= 4 is 5.57 Å². The molecular formula is C17H17NO2. The molecule has 0 radical (unpaired) electrons. The van der Waals surface area contributed by atoms with E-state index in [-0.39, 0.29) is 0 Å². The fourth-order valence-electron chi connectivity index (χ4n) is 2.53. The summed E-state index contributed by atoms with van der Waals surface area (Å²) in [6, 6.07) is 11.5. The molecule has 0 fully saturated rings. The monoisotopic (exact) mass is 267 g/mol. The number of aryl methyl sites for hydroxylation is 1. The maximum absolute atomic E-state index is 12.1. The summed E-state index contributed by atoms with van der Waals surface area (Å²) in [7, 11) is 0. The van der Waals surface area contributed by atoms with Crippen LogP contribution in [0.1, 0.15) is 30.7 Å². The number of fused-ring (bicyclic) bond motifs is 1. The average molecular weight is 267 g/mol. The van der Waals surface area contributed by atoms with Gasteiger partial charge in [0.15, 0.2) is 6.20 Å². The zero-order valence-electron chi connectivity index (χ0n) is 11.9. The number of aromatic nitrogens is 1. The standard InChI is InChI=1S/C17H17NO2/c1-12-7-8-16-13(10-12)14(11-17(2,3)20-16)15-6-4-5-9-18(15)19/h4-11H,1-3H3. The predicted molar refractivity (Wildman–Crippen MR) is 78.4 cm³/mol. The molecule has 0 N–H and O–H groups in total. The summed E-state index contributed by atoms with van der Waals surface area (Å²) in [4.78, 5) is 0. The Morgan fingerprint density at radius 1 is 1.15 bits per heavy atom. The molecule has 0 aliphatic carbocycles. The van der Waals surface area contributed by atoms with Crippen molar-refractivity contribution in [2.24, 2.45) is 0 Å². The first kappa shape index (κ1) is 12.7. The number of rotatable bonds is 1. The van der Waals surface area contributed by atoms with E-state index in [1.54, 1.807) is 6.07 Å². The van der Waals surface area contributed by atoms with Crippen molar-refractivity contribution in [2.75, 3.05) is 0 Å². The molecule has 3 rings (SSSR count). The molecule has 3 heteroatoms. The Morgan fingerprint density at radius 3 is 2.70 bits per heavy atom. The number of hydrogen-bond acceptors (Lipinski definition) is 2. The van der Waals surface area contributed by atoms with Crippen LogP contribution in [0, 0.1) is 12.1 Å². The second-order valence-electron chi connectivity index (χ2n) is 5.67. The van der Waals surface area contributed by atoms with Gasteiger partial charge in [-0.15, -0.1) is 0 Å². The summed E-state index contributed by atoms with van der Waals surface area (Å²) in [6.45, 7) is 6.02. The third-order valence-corrected chi connectivity index (χ3v) is 3.39. The molecule has 0 spiro atoms. The van der Waals surface area contributed by atoms with Crippen LogP contribution in [-0.2, 0) is 0 Å². The van der Waals surface area contributed by atoms with E-state index < -0.39 is 5.60 Å². The molecule has 1 aliphatic heterocycles. The van der Waals surface area contributed by atoms with Gasteiger partial charge in [0.1, 0.15) is 11.4 Å². The molecule has 0 unspecified atom stereocenters. The van der Waals surface area contributed by atoms with Crippen molar-refractivity contribution in [1.82, 2.24) is 0 Å². The second kappa shape index (κ2) is 4.37. The highest BCUT2D eigenvalue weighted by atomic mass is 16.5. The van der Waals surface area contributed by atoms with Gasteiger partial charge in [-0.2, -0.15) is 4.73 Å². The fourth-order valence-corrected chi connectivity index (χ4v) is 2.53. The van der Waals surface area contributed by atoms with Gasteiger partial charge in [0.2, 0.25) is 5.69 Å². The lowest BCUT2D eigenvalue weighted by Crippen LogP contribution is -2.34. The number of nitrogens with zero attached hydrogens (tertiary/aromatic N) is 1. The van der Waals surface area contributed by atoms with Crippen molar-refractivity contribution in [2.45, 2.75) is 26.4 Å². The van der Waals surface area contributed by atoms with Crippen molar-refractivity contribution in [3.63, 3.8) is 0 Å². The molecular weight excluding hydrogens is 250 g/mol. The Kier molecular flexibility index (Phi) is 2.78. The molecule has 0 bridgehead atoms. The van der Waals surface area contributed by atoms with Gasteiger partial charge in [-0.05, 0) is 45.0 Å². The second-order valence-corrected chi connectivity index (χ2v) is 5.67. The van der Waals surface area contributed by atoms with Gasteiger partial charge in [0.25, 0.3) is 0 Å². The topological polar surface area (TPSA) is 36.2 Å².